The number of nitrogens with two attached hydrogens (primary N) is 1. The van der Waals surface area contributed by atoms with E-state index in [-0.39, 0.29) is 22.8 Å². The van der Waals surface area contributed by atoms with Crippen molar-refractivity contribution in [2.24, 2.45) is 12.8 Å². The molecule has 7 heteroatoms. The number of ether oxygens (including phenoxy) is 1. The number of rotatable bonds is 5. The van der Waals surface area contributed by atoms with Gasteiger partial charge in [0, 0.05) is 13.1 Å². The number of carbonyl (C=O) groups excluding carboxylic acids is 1. The zero-order valence-corrected chi connectivity index (χ0v) is 16.7. The van der Waals surface area contributed by atoms with Crippen molar-refractivity contribution in [2.75, 3.05) is 5.32 Å². The molecular formula is C22H22FN3O3. The summed E-state index contributed by atoms with van der Waals surface area (Å²) in [5.74, 6) is -0.747. The highest BCUT2D eigenvalue weighted by Gasteiger charge is 2.22. The van der Waals surface area contributed by atoms with Crippen LogP contribution in [0.4, 0.5) is 15.9 Å². The molecule has 6 nitrogen and oxygen atoms in total. The summed E-state index contributed by atoms with van der Waals surface area (Å²) < 4.78 is 21.5. The lowest BCUT2D eigenvalue weighted by molar-refractivity contribution is 0.0998. The van der Waals surface area contributed by atoms with E-state index in [9.17, 15) is 14.0 Å². The second-order valence-corrected chi connectivity index (χ2v) is 6.92. The molecule has 0 atom stereocenters. The van der Waals surface area contributed by atoms with Gasteiger partial charge in [-0.05, 0) is 49.6 Å². The molecule has 1 amide bonds. The fourth-order valence-electron chi connectivity index (χ4n) is 3.06. The number of halogens is 1. The van der Waals surface area contributed by atoms with Gasteiger partial charge in [-0.2, -0.15) is 0 Å². The number of aromatic nitrogens is 1. The summed E-state index contributed by atoms with van der Waals surface area (Å²) in [6.45, 7) is 5.47. The van der Waals surface area contributed by atoms with Crippen LogP contribution >= 0.6 is 0 Å². The minimum atomic E-state index is -0.808. The van der Waals surface area contributed by atoms with Crippen LogP contribution in [-0.2, 0) is 7.05 Å². The van der Waals surface area contributed by atoms with Gasteiger partial charge in [-0.1, -0.05) is 24.3 Å². The third kappa shape index (κ3) is 3.99. The number of hydrogen-bond donors (Lipinski definition) is 2. The van der Waals surface area contributed by atoms with Gasteiger partial charge >= 0.3 is 0 Å². The van der Waals surface area contributed by atoms with E-state index >= 15 is 0 Å². The summed E-state index contributed by atoms with van der Waals surface area (Å²) in [5, 5.41) is 2.82. The van der Waals surface area contributed by atoms with E-state index in [1.165, 1.54) is 29.8 Å². The van der Waals surface area contributed by atoms with Crippen molar-refractivity contribution >= 4 is 17.4 Å². The lowest BCUT2D eigenvalue weighted by atomic mass is 10.1. The SMILES string of the molecule is Cc1ccc(Nc2c(C(N)=O)c(Oc3c(C)cccc3C)cc(=O)n2C)c(F)c1. The molecule has 0 aliphatic carbocycles. The third-order valence-corrected chi connectivity index (χ3v) is 4.65. The summed E-state index contributed by atoms with van der Waals surface area (Å²) in [6.07, 6.45) is 0. The Morgan fingerprint density at radius 3 is 2.34 bits per heavy atom. The van der Waals surface area contributed by atoms with E-state index < -0.39 is 17.3 Å². The molecule has 0 bridgehead atoms. The second-order valence-electron chi connectivity index (χ2n) is 6.92. The Morgan fingerprint density at radius 1 is 1.10 bits per heavy atom. The number of aryl methyl sites for hydroxylation is 3. The summed E-state index contributed by atoms with van der Waals surface area (Å²) in [5.41, 5.74) is 7.64. The molecule has 3 N–H and O–H groups in total. The number of nitrogens with one attached hydrogen (secondary N) is 1. The quantitative estimate of drug-likeness (QED) is 0.681. The van der Waals surface area contributed by atoms with E-state index in [0.29, 0.717) is 5.75 Å². The van der Waals surface area contributed by atoms with Crippen LogP contribution in [-0.4, -0.2) is 10.5 Å². The van der Waals surface area contributed by atoms with Crippen molar-refractivity contribution in [3.8, 4) is 11.5 Å². The normalized spacial score (nSPS) is 10.7. The fraction of sp³-hybridized carbons (Fsp3) is 0.182. The maximum absolute atomic E-state index is 14.4. The van der Waals surface area contributed by atoms with Gasteiger partial charge in [0.15, 0.2) is 0 Å². The number of anilines is 2. The Hall–Kier alpha value is -3.61. The molecule has 29 heavy (non-hydrogen) atoms. The Morgan fingerprint density at radius 2 is 1.76 bits per heavy atom. The van der Waals surface area contributed by atoms with Crippen molar-refractivity contribution in [1.29, 1.82) is 0 Å². The average Bonchev–Trinajstić information content (AvgIpc) is 2.64. The number of para-hydroxylation sites is 1. The Bertz CT molecular complexity index is 1150. The number of primary amides is 1. The smallest absolute Gasteiger partial charge is 0.256 e. The monoisotopic (exact) mass is 395 g/mol. The van der Waals surface area contributed by atoms with Crippen LogP contribution in [0.2, 0.25) is 0 Å². The lowest BCUT2D eigenvalue weighted by Gasteiger charge is -2.19. The van der Waals surface area contributed by atoms with Crippen LogP contribution in [0.15, 0.2) is 47.3 Å². The first kappa shape index (κ1) is 20.1. The predicted octanol–water partition coefficient (Wildman–Crippen LogP) is 4.08. The molecule has 0 saturated heterocycles. The Balaban J connectivity index is 2.18. The van der Waals surface area contributed by atoms with Crippen LogP contribution in [0.3, 0.4) is 0 Å². The molecule has 0 radical (unpaired) electrons. The Labute approximate surface area is 167 Å². The molecule has 3 rings (SSSR count). The van der Waals surface area contributed by atoms with Crippen molar-refractivity contribution in [1.82, 2.24) is 4.57 Å². The van der Waals surface area contributed by atoms with E-state index in [4.69, 9.17) is 10.5 Å². The van der Waals surface area contributed by atoms with Crippen LogP contribution in [0.5, 0.6) is 11.5 Å². The zero-order chi connectivity index (χ0) is 21.3. The minimum Gasteiger partial charge on any atom is -0.456 e. The van der Waals surface area contributed by atoms with Gasteiger partial charge in [-0.25, -0.2) is 4.39 Å². The molecule has 0 aliphatic heterocycles. The summed E-state index contributed by atoms with van der Waals surface area (Å²) in [4.78, 5) is 24.8. The number of hydrogen-bond acceptors (Lipinski definition) is 4. The van der Waals surface area contributed by atoms with Crippen molar-refractivity contribution in [3.63, 3.8) is 0 Å². The highest BCUT2D eigenvalue weighted by atomic mass is 19.1. The molecule has 1 heterocycles. The first-order valence-electron chi connectivity index (χ1n) is 9.00. The summed E-state index contributed by atoms with van der Waals surface area (Å²) >= 11 is 0. The minimum absolute atomic E-state index is 0.00743. The number of amides is 1. The van der Waals surface area contributed by atoms with E-state index in [2.05, 4.69) is 5.32 Å². The Kier molecular flexibility index (Phi) is 5.41. The largest absolute Gasteiger partial charge is 0.456 e. The van der Waals surface area contributed by atoms with Gasteiger partial charge in [0.25, 0.3) is 11.5 Å². The second kappa shape index (κ2) is 7.79. The highest BCUT2D eigenvalue weighted by molar-refractivity contribution is 6.01. The van der Waals surface area contributed by atoms with Gasteiger partial charge in [-0.3, -0.25) is 14.2 Å². The molecule has 2 aromatic carbocycles. The van der Waals surface area contributed by atoms with Gasteiger partial charge in [-0.15, -0.1) is 0 Å². The number of carbonyl (C=O) groups is 1. The molecule has 150 valence electrons. The fourth-order valence-corrected chi connectivity index (χ4v) is 3.06. The molecule has 0 saturated carbocycles. The van der Waals surface area contributed by atoms with Crippen molar-refractivity contribution in [3.05, 3.63) is 80.9 Å². The maximum atomic E-state index is 14.4. The highest BCUT2D eigenvalue weighted by Crippen LogP contribution is 2.34. The van der Waals surface area contributed by atoms with E-state index in [1.54, 1.807) is 13.0 Å². The van der Waals surface area contributed by atoms with Gasteiger partial charge < -0.3 is 15.8 Å². The zero-order valence-electron chi connectivity index (χ0n) is 16.7. The van der Waals surface area contributed by atoms with Crippen LogP contribution in [0, 0.1) is 26.6 Å². The number of nitrogens with zero attached hydrogens (tertiary/aromatic N) is 1. The molecular weight excluding hydrogens is 373 g/mol. The maximum Gasteiger partial charge on any atom is 0.256 e. The van der Waals surface area contributed by atoms with Crippen LogP contribution < -0.4 is 21.3 Å². The first-order chi connectivity index (χ1) is 13.7. The van der Waals surface area contributed by atoms with Gasteiger partial charge in [0.2, 0.25) is 0 Å². The van der Waals surface area contributed by atoms with Crippen molar-refractivity contribution in [2.45, 2.75) is 20.8 Å². The number of benzene rings is 2. The topological polar surface area (TPSA) is 86.3 Å². The predicted molar refractivity (Wildman–Crippen MR) is 111 cm³/mol. The summed E-state index contributed by atoms with van der Waals surface area (Å²) in [7, 11) is 1.46. The molecule has 3 aromatic rings. The van der Waals surface area contributed by atoms with E-state index in [0.717, 1.165) is 16.7 Å². The lowest BCUT2D eigenvalue weighted by Crippen LogP contribution is -2.25. The standard InChI is InChI=1S/C22H22FN3O3/c1-12-8-9-16(15(23)10-12)25-22-19(21(24)28)17(11-18(27)26(22)4)29-20-13(2)6-5-7-14(20)3/h5-11,25H,1-4H3,(H2,24,28). The molecule has 0 unspecified atom stereocenters. The van der Waals surface area contributed by atoms with Crippen LogP contribution in [0.1, 0.15) is 27.0 Å². The summed E-state index contributed by atoms with van der Waals surface area (Å²) in [6, 6.07) is 11.4. The number of pyridine rings is 1. The van der Waals surface area contributed by atoms with E-state index in [1.807, 2.05) is 32.0 Å². The van der Waals surface area contributed by atoms with Gasteiger partial charge in [0.05, 0.1) is 5.69 Å². The van der Waals surface area contributed by atoms with Crippen molar-refractivity contribution < 1.29 is 13.9 Å². The first-order valence-corrected chi connectivity index (χ1v) is 9.00. The molecule has 0 fully saturated rings. The molecule has 0 aliphatic rings. The third-order valence-electron chi connectivity index (χ3n) is 4.65. The molecule has 0 spiro atoms. The van der Waals surface area contributed by atoms with Crippen LogP contribution in [0.25, 0.3) is 0 Å². The van der Waals surface area contributed by atoms with Gasteiger partial charge in [0.1, 0.15) is 28.7 Å². The average molecular weight is 395 g/mol. The molecule has 1 aromatic heterocycles.